The molecule has 0 aromatic heterocycles. The number of hydrogen-bond donors (Lipinski definition) is 0. The molecule has 0 amide bonds. The van der Waals surface area contributed by atoms with E-state index in [2.05, 4.69) is 4.74 Å². The van der Waals surface area contributed by atoms with E-state index in [1.54, 1.807) is 12.2 Å². The van der Waals surface area contributed by atoms with Crippen molar-refractivity contribution in [3.63, 3.8) is 0 Å². The summed E-state index contributed by atoms with van der Waals surface area (Å²) in [6, 6.07) is 0. The normalized spacial score (nSPS) is 11.1. The molecule has 62 valence electrons. The minimum atomic E-state index is -0.309. The average molecular weight is 154 g/mol. The predicted molar refractivity (Wildman–Crippen MR) is 45.0 cm³/mol. The van der Waals surface area contributed by atoms with Crippen molar-refractivity contribution in [2.45, 2.75) is 26.7 Å². The van der Waals surface area contributed by atoms with Gasteiger partial charge in [0.05, 0.1) is 6.26 Å². The maximum absolute atomic E-state index is 10.7. The number of allylic oxidation sites excluding steroid dienone is 2. The van der Waals surface area contributed by atoms with Gasteiger partial charge in [-0.3, -0.25) is 0 Å². The first-order valence-corrected chi connectivity index (χ1v) is 3.83. The van der Waals surface area contributed by atoms with E-state index in [4.69, 9.17) is 0 Å². The highest BCUT2D eigenvalue weighted by atomic mass is 16.5. The summed E-state index contributed by atoms with van der Waals surface area (Å²) in [6.07, 6.45) is 8.14. The number of rotatable bonds is 4. The lowest BCUT2D eigenvalue weighted by Gasteiger charge is -1.90. The largest absolute Gasteiger partial charge is 0.432 e. The van der Waals surface area contributed by atoms with Crippen LogP contribution in [0.15, 0.2) is 24.5 Å². The monoisotopic (exact) mass is 154 g/mol. The van der Waals surface area contributed by atoms with Crippen molar-refractivity contribution < 1.29 is 9.53 Å². The average Bonchev–Trinajstić information content (AvgIpc) is 2.01. The molecule has 0 aliphatic rings. The Morgan fingerprint density at radius 3 is 2.45 bits per heavy atom. The zero-order valence-electron chi connectivity index (χ0n) is 7.04. The number of ether oxygens (including phenoxy) is 1. The van der Waals surface area contributed by atoms with Crippen molar-refractivity contribution >= 4 is 5.97 Å². The van der Waals surface area contributed by atoms with Crippen LogP contribution in [0, 0.1) is 0 Å². The summed E-state index contributed by atoms with van der Waals surface area (Å²) in [6.45, 7) is 3.94. The summed E-state index contributed by atoms with van der Waals surface area (Å²) in [5.74, 6) is -0.309. The Hall–Kier alpha value is -1.05. The van der Waals surface area contributed by atoms with Crippen LogP contribution in [0.2, 0.25) is 0 Å². The Balaban J connectivity index is 3.53. The topological polar surface area (TPSA) is 26.3 Å². The van der Waals surface area contributed by atoms with Gasteiger partial charge >= 0.3 is 5.97 Å². The van der Waals surface area contributed by atoms with Gasteiger partial charge in [0.2, 0.25) is 0 Å². The Bertz CT molecular complexity index is 157. The highest BCUT2D eigenvalue weighted by molar-refractivity contribution is 5.82. The molecule has 2 heteroatoms. The summed E-state index contributed by atoms with van der Waals surface area (Å²) < 4.78 is 4.68. The van der Waals surface area contributed by atoms with Crippen LogP contribution in [-0.2, 0) is 9.53 Å². The van der Waals surface area contributed by atoms with Crippen molar-refractivity contribution in [1.82, 2.24) is 0 Å². The zero-order chi connectivity index (χ0) is 8.53. The third-order valence-electron chi connectivity index (χ3n) is 1.01. The van der Waals surface area contributed by atoms with Crippen LogP contribution in [0.1, 0.15) is 26.7 Å². The molecule has 0 unspecified atom stereocenters. The summed E-state index contributed by atoms with van der Waals surface area (Å²) in [5, 5.41) is 0. The fraction of sp³-hybridized carbons (Fsp3) is 0.444. The molecule has 0 saturated heterocycles. The van der Waals surface area contributed by atoms with Crippen LogP contribution in [0.25, 0.3) is 0 Å². The molecule has 0 saturated carbocycles. The number of esters is 1. The van der Waals surface area contributed by atoms with E-state index >= 15 is 0 Å². The van der Waals surface area contributed by atoms with Gasteiger partial charge in [0.1, 0.15) is 0 Å². The van der Waals surface area contributed by atoms with E-state index in [0.717, 1.165) is 12.8 Å². The maximum Gasteiger partial charge on any atom is 0.335 e. The van der Waals surface area contributed by atoms with Crippen LogP contribution >= 0.6 is 0 Å². The van der Waals surface area contributed by atoms with Gasteiger partial charge in [0.25, 0.3) is 0 Å². The lowest BCUT2D eigenvalue weighted by Crippen LogP contribution is -1.92. The first-order chi connectivity index (χ1) is 5.31. The first kappa shape index (κ1) is 9.95. The van der Waals surface area contributed by atoms with Crippen molar-refractivity contribution in [3.05, 3.63) is 24.5 Å². The molecule has 0 aliphatic heterocycles. The van der Waals surface area contributed by atoms with Crippen LogP contribution in [-0.4, -0.2) is 5.97 Å². The molecule has 2 nitrogen and oxygen atoms in total. The Labute approximate surface area is 67.6 Å². The Morgan fingerprint density at radius 1 is 1.27 bits per heavy atom. The van der Waals surface area contributed by atoms with Crippen LogP contribution in [0.5, 0.6) is 0 Å². The van der Waals surface area contributed by atoms with Crippen molar-refractivity contribution in [2.75, 3.05) is 0 Å². The van der Waals surface area contributed by atoms with E-state index in [1.807, 2.05) is 13.8 Å². The highest BCUT2D eigenvalue weighted by Gasteiger charge is 1.89. The van der Waals surface area contributed by atoms with Crippen molar-refractivity contribution in [3.8, 4) is 0 Å². The van der Waals surface area contributed by atoms with Gasteiger partial charge in [0, 0.05) is 6.08 Å². The number of carbonyl (C=O) groups is 1. The minimum Gasteiger partial charge on any atom is -0.432 e. The molecule has 0 aliphatic carbocycles. The van der Waals surface area contributed by atoms with Crippen molar-refractivity contribution in [1.29, 1.82) is 0 Å². The second-order valence-electron chi connectivity index (χ2n) is 2.03. The van der Waals surface area contributed by atoms with Crippen LogP contribution in [0.3, 0.4) is 0 Å². The summed E-state index contributed by atoms with van der Waals surface area (Å²) in [5.41, 5.74) is 0. The van der Waals surface area contributed by atoms with Gasteiger partial charge in [0.15, 0.2) is 0 Å². The van der Waals surface area contributed by atoms with E-state index in [9.17, 15) is 4.79 Å². The lowest BCUT2D eigenvalue weighted by molar-refractivity contribution is -0.132. The number of carbonyl (C=O) groups excluding carboxylic acids is 1. The second kappa shape index (κ2) is 7.06. The standard InChI is InChI=1S/C9H14O2/c1-3-5-7-9(10)11-8-6-4-2/h5-8H,3-4H2,1-2H3/b7-5+,8-6+. The maximum atomic E-state index is 10.7. The summed E-state index contributed by atoms with van der Waals surface area (Å²) >= 11 is 0. The molecule has 0 N–H and O–H groups in total. The van der Waals surface area contributed by atoms with Gasteiger partial charge in [-0.25, -0.2) is 4.79 Å². The molecule has 0 rings (SSSR count). The van der Waals surface area contributed by atoms with E-state index < -0.39 is 0 Å². The van der Waals surface area contributed by atoms with Gasteiger partial charge in [-0.2, -0.15) is 0 Å². The summed E-state index contributed by atoms with van der Waals surface area (Å²) in [7, 11) is 0. The fourth-order valence-corrected chi connectivity index (χ4v) is 0.465. The molecule has 0 fully saturated rings. The molecule has 0 heterocycles. The smallest absolute Gasteiger partial charge is 0.335 e. The number of hydrogen-bond acceptors (Lipinski definition) is 2. The minimum absolute atomic E-state index is 0.309. The molecule has 0 aromatic carbocycles. The Kier molecular flexibility index (Phi) is 6.39. The predicted octanol–water partition coefficient (Wildman–Crippen LogP) is 2.42. The SMILES string of the molecule is CC/C=C/OC(=O)/C=C/CC. The van der Waals surface area contributed by atoms with Gasteiger partial charge in [-0.05, 0) is 18.9 Å². The van der Waals surface area contributed by atoms with E-state index in [0.29, 0.717) is 0 Å². The van der Waals surface area contributed by atoms with Crippen molar-refractivity contribution in [2.24, 2.45) is 0 Å². The highest BCUT2D eigenvalue weighted by Crippen LogP contribution is 1.87. The van der Waals surface area contributed by atoms with Gasteiger partial charge < -0.3 is 4.74 Å². The molecule has 0 bridgehead atoms. The van der Waals surface area contributed by atoms with Crippen LogP contribution in [0.4, 0.5) is 0 Å². The molecule has 0 radical (unpaired) electrons. The van der Waals surface area contributed by atoms with Crippen LogP contribution < -0.4 is 0 Å². The molecule has 0 aromatic rings. The second-order valence-corrected chi connectivity index (χ2v) is 2.03. The van der Waals surface area contributed by atoms with Gasteiger partial charge in [-0.1, -0.05) is 19.9 Å². The van der Waals surface area contributed by atoms with E-state index in [-0.39, 0.29) is 5.97 Å². The first-order valence-electron chi connectivity index (χ1n) is 3.83. The molecule has 0 spiro atoms. The zero-order valence-corrected chi connectivity index (χ0v) is 7.04. The van der Waals surface area contributed by atoms with E-state index in [1.165, 1.54) is 12.3 Å². The fourth-order valence-electron chi connectivity index (χ4n) is 0.465. The molecular formula is C9H14O2. The third kappa shape index (κ3) is 6.84. The third-order valence-corrected chi connectivity index (χ3v) is 1.01. The Morgan fingerprint density at radius 2 is 1.91 bits per heavy atom. The molecular weight excluding hydrogens is 140 g/mol. The summed E-state index contributed by atoms with van der Waals surface area (Å²) in [4.78, 5) is 10.7. The molecule has 11 heavy (non-hydrogen) atoms. The van der Waals surface area contributed by atoms with Gasteiger partial charge in [-0.15, -0.1) is 0 Å². The lowest BCUT2D eigenvalue weighted by atomic mass is 10.4. The quantitative estimate of drug-likeness (QED) is 0.353. The molecule has 0 atom stereocenters.